The number of hydrogen-bond acceptors (Lipinski definition) is 4. The normalized spacial score (nSPS) is 11.7. The third-order valence-electron chi connectivity index (χ3n) is 7.09. The molecule has 0 aliphatic heterocycles. The summed E-state index contributed by atoms with van der Waals surface area (Å²) in [7, 11) is 0. The second-order valence-corrected chi connectivity index (χ2v) is 10.8. The summed E-state index contributed by atoms with van der Waals surface area (Å²) in [5, 5.41) is 3.57. The SMILES string of the molecule is CCOc1ccc(-n2c(C(CC)N(CCc3ccccc3)C(=O)Nc3cccc(Br)c3)nc3ccccc3c2=O)cc1. The Bertz CT molecular complexity index is 1720. The largest absolute Gasteiger partial charge is 0.494 e. The van der Waals surface area contributed by atoms with E-state index in [-0.39, 0.29) is 11.6 Å². The first-order valence-electron chi connectivity index (χ1n) is 14.1. The van der Waals surface area contributed by atoms with Gasteiger partial charge in [-0.2, -0.15) is 0 Å². The predicted molar refractivity (Wildman–Crippen MR) is 172 cm³/mol. The van der Waals surface area contributed by atoms with Crippen LogP contribution in [0, 0.1) is 0 Å². The fourth-order valence-electron chi connectivity index (χ4n) is 5.08. The van der Waals surface area contributed by atoms with Crippen molar-refractivity contribution in [1.29, 1.82) is 0 Å². The number of nitrogens with one attached hydrogen (secondary N) is 1. The summed E-state index contributed by atoms with van der Waals surface area (Å²) in [6.45, 7) is 4.91. The van der Waals surface area contributed by atoms with Crippen molar-refractivity contribution in [2.75, 3.05) is 18.5 Å². The van der Waals surface area contributed by atoms with E-state index in [1.165, 1.54) is 0 Å². The number of carbonyl (C=O) groups is 1. The van der Waals surface area contributed by atoms with Gasteiger partial charge in [0, 0.05) is 16.7 Å². The molecule has 1 N–H and O–H groups in total. The minimum Gasteiger partial charge on any atom is -0.494 e. The second-order valence-electron chi connectivity index (χ2n) is 9.85. The molecular weight excluding hydrogens is 592 g/mol. The van der Waals surface area contributed by atoms with Crippen LogP contribution < -0.4 is 15.6 Å². The van der Waals surface area contributed by atoms with Crippen LogP contribution in [0.15, 0.2) is 112 Å². The molecule has 0 saturated heterocycles. The fourth-order valence-corrected chi connectivity index (χ4v) is 5.48. The number of rotatable bonds is 10. The molecular formula is C34H33BrN4O3. The molecule has 0 saturated carbocycles. The number of aromatic nitrogens is 2. The van der Waals surface area contributed by atoms with E-state index in [0.717, 1.165) is 15.8 Å². The van der Waals surface area contributed by atoms with Crippen LogP contribution in [0.1, 0.15) is 37.7 Å². The summed E-state index contributed by atoms with van der Waals surface area (Å²) in [4.78, 5) is 34.9. The first kappa shape index (κ1) is 29.1. The molecule has 0 aliphatic carbocycles. The smallest absolute Gasteiger partial charge is 0.322 e. The molecule has 1 heterocycles. The molecule has 1 aromatic heterocycles. The van der Waals surface area contributed by atoms with Gasteiger partial charge in [-0.1, -0.05) is 71.4 Å². The Morgan fingerprint density at radius 1 is 0.952 bits per heavy atom. The third kappa shape index (κ3) is 6.55. The topological polar surface area (TPSA) is 76.5 Å². The summed E-state index contributed by atoms with van der Waals surface area (Å²) in [6, 6.07) is 31.5. The van der Waals surface area contributed by atoms with E-state index >= 15 is 0 Å². The van der Waals surface area contributed by atoms with Crippen LogP contribution in [0.25, 0.3) is 16.6 Å². The molecule has 8 heteroatoms. The quantitative estimate of drug-likeness (QED) is 0.172. The molecule has 1 atom stereocenters. The maximum absolute atomic E-state index is 14.0. The average Bonchev–Trinajstić information content (AvgIpc) is 3.00. The zero-order chi connectivity index (χ0) is 29.5. The van der Waals surface area contributed by atoms with Gasteiger partial charge >= 0.3 is 6.03 Å². The van der Waals surface area contributed by atoms with E-state index in [9.17, 15) is 9.59 Å². The minimum absolute atomic E-state index is 0.186. The number of ether oxygens (including phenoxy) is 1. The summed E-state index contributed by atoms with van der Waals surface area (Å²) < 4.78 is 8.13. The maximum Gasteiger partial charge on any atom is 0.322 e. The van der Waals surface area contributed by atoms with E-state index in [1.807, 2.05) is 98.8 Å². The molecule has 0 spiro atoms. The molecule has 7 nitrogen and oxygen atoms in total. The standard InChI is InChI=1S/C34H33BrN4O3/c1-3-31(38(22-21-24-11-6-5-7-12-24)34(41)36-26-14-10-13-25(35)23-26)32-37-30-16-9-8-15-29(30)33(40)39(32)27-17-19-28(20-18-27)42-4-2/h5-20,23,31H,3-4,21-22H2,1-2H3,(H,36,41). The van der Waals surface area contributed by atoms with Gasteiger partial charge in [-0.3, -0.25) is 9.36 Å². The number of nitrogens with zero attached hydrogens (tertiary/aromatic N) is 3. The van der Waals surface area contributed by atoms with Gasteiger partial charge in [-0.05, 0) is 79.9 Å². The van der Waals surface area contributed by atoms with Gasteiger partial charge in [0.1, 0.15) is 11.6 Å². The Labute approximate surface area is 253 Å². The molecule has 5 rings (SSSR count). The van der Waals surface area contributed by atoms with Gasteiger partial charge in [0.2, 0.25) is 0 Å². The number of urea groups is 1. The van der Waals surface area contributed by atoms with E-state index < -0.39 is 6.04 Å². The number of amides is 2. The van der Waals surface area contributed by atoms with Crippen molar-refractivity contribution in [1.82, 2.24) is 14.5 Å². The highest BCUT2D eigenvalue weighted by Gasteiger charge is 2.29. The Morgan fingerprint density at radius 2 is 1.69 bits per heavy atom. The molecule has 0 bridgehead atoms. The van der Waals surface area contributed by atoms with Crippen LogP contribution >= 0.6 is 15.9 Å². The monoisotopic (exact) mass is 624 g/mol. The first-order valence-corrected chi connectivity index (χ1v) is 14.9. The van der Waals surface area contributed by atoms with Gasteiger partial charge in [-0.25, -0.2) is 9.78 Å². The molecule has 2 amide bonds. The van der Waals surface area contributed by atoms with Crippen LogP contribution in [0.3, 0.4) is 0 Å². The zero-order valence-electron chi connectivity index (χ0n) is 23.7. The van der Waals surface area contributed by atoms with E-state index in [0.29, 0.717) is 54.1 Å². The average molecular weight is 626 g/mol. The van der Waals surface area contributed by atoms with Crippen LogP contribution in [0.4, 0.5) is 10.5 Å². The van der Waals surface area contributed by atoms with E-state index in [2.05, 4.69) is 33.4 Å². The number of halogens is 1. The van der Waals surface area contributed by atoms with Gasteiger partial charge in [0.25, 0.3) is 5.56 Å². The molecule has 0 fully saturated rings. The zero-order valence-corrected chi connectivity index (χ0v) is 25.3. The lowest BCUT2D eigenvalue weighted by atomic mass is 10.1. The van der Waals surface area contributed by atoms with Crippen LogP contribution in [0.2, 0.25) is 0 Å². The van der Waals surface area contributed by atoms with Crippen molar-refractivity contribution >= 4 is 38.6 Å². The summed E-state index contributed by atoms with van der Waals surface area (Å²) in [5.41, 5.74) is 2.85. The minimum atomic E-state index is -0.496. The van der Waals surface area contributed by atoms with Gasteiger partial charge < -0.3 is 15.0 Å². The van der Waals surface area contributed by atoms with Crippen molar-refractivity contribution in [2.45, 2.75) is 32.7 Å². The Morgan fingerprint density at radius 3 is 2.40 bits per heavy atom. The summed E-state index contributed by atoms with van der Waals surface area (Å²) in [6.07, 6.45) is 1.19. The van der Waals surface area contributed by atoms with Crippen LogP contribution in [0.5, 0.6) is 5.75 Å². The van der Waals surface area contributed by atoms with Crippen LogP contribution in [-0.4, -0.2) is 33.6 Å². The number of hydrogen-bond donors (Lipinski definition) is 1. The van der Waals surface area contributed by atoms with E-state index in [1.54, 1.807) is 15.5 Å². The van der Waals surface area contributed by atoms with E-state index in [4.69, 9.17) is 9.72 Å². The predicted octanol–water partition coefficient (Wildman–Crippen LogP) is 7.77. The summed E-state index contributed by atoms with van der Waals surface area (Å²) >= 11 is 3.49. The second kappa shape index (κ2) is 13.5. The van der Waals surface area contributed by atoms with Crippen molar-refractivity contribution in [3.63, 3.8) is 0 Å². The number of carbonyl (C=O) groups excluding carboxylic acids is 1. The van der Waals surface area contributed by atoms with Gasteiger partial charge in [0.15, 0.2) is 0 Å². The van der Waals surface area contributed by atoms with Gasteiger partial charge in [-0.15, -0.1) is 0 Å². The Balaban J connectivity index is 1.62. The first-order chi connectivity index (χ1) is 20.5. The Hall–Kier alpha value is -4.43. The van der Waals surface area contributed by atoms with Crippen molar-refractivity contribution in [3.8, 4) is 11.4 Å². The van der Waals surface area contributed by atoms with Gasteiger partial charge in [0.05, 0.1) is 29.2 Å². The molecule has 1 unspecified atom stereocenters. The molecule has 0 aliphatic rings. The molecule has 4 aromatic carbocycles. The fraction of sp³-hybridized carbons (Fsp3) is 0.206. The molecule has 214 valence electrons. The highest BCUT2D eigenvalue weighted by Crippen LogP contribution is 2.28. The lowest BCUT2D eigenvalue weighted by Crippen LogP contribution is -2.42. The molecule has 5 aromatic rings. The maximum atomic E-state index is 14.0. The van der Waals surface area contributed by atoms with Crippen LogP contribution in [-0.2, 0) is 6.42 Å². The highest BCUT2D eigenvalue weighted by atomic mass is 79.9. The van der Waals surface area contributed by atoms with Crippen molar-refractivity contribution < 1.29 is 9.53 Å². The molecule has 0 radical (unpaired) electrons. The van der Waals surface area contributed by atoms with Crippen molar-refractivity contribution in [2.24, 2.45) is 0 Å². The number of benzene rings is 4. The third-order valence-corrected chi connectivity index (χ3v) is 7.58. The number of fused-ring (bicyclic) bond motifs is 1. The highest BCUT2D eigenvalue weighted by molar-refractivity contribution is 9.10. The summed E-state index contributed by atoms with van der Waals surface area (Å²) in [5.74, 6) is 1.22. The molecule has 42 heavy (non-hydrogen) atoms. The Kier molecular flexibility index (Phi) is 9.34. The number of anilines is 1. The van der Waals surface area contributed by atoms with Crippen molar-refractivity contribution in [3.05, 3.63) is 129 Å². The lowest BCUT2D eigenvalue weighted by Gasteiger charge is -2.32. The lowest BCUT2D eigenvalue weighted by molar-refractivity contribution is 0.182. The number of para-hydroxylation sites is 1.